The summed E-state index contributed by atoms with van der Waals surface area (Å²) < 4.78 is 4.72. The Balaban J connectivity index is 1.58. The molecular formula is C18H18N2O4S. The minimum Gasteiger partial charge on any atom is -0.465 e. The summed E-state index contributed by atoms with van der Waals surface area (Å²) in [6, 6.07) is 8.77. The van der Waals surface area contributed by atoms with Gasteiger partial charge in [-0.25, -0.2) is 4.79 Å². The van der Waals surface area contributed by atoms with Crippen molar-refractivity contribution in [3.8, 4) is 0 Å². The second-order valence-electron chi connectivity index (χ2n) is 5.61. The van der Waals surface area contributed by atoms with E-state index in [9.17, 15) is 14.4 Å². The topological polar surface area (TPSA) is 75.7 Å². The molecule has 0 saturated heterocycles. The van der Waals surface area contributed by atoms with E-state index in [0.29, 0.717) is 30.0 Å². The summed E-state index contributed by atoms with van der Waals surface area (Å²) in [5.41, 5.74) is 2.26. The van der Waals surface area contributed by atoms with Crippen LogP contribution in [0.15, 0.2) is 35.7 Å². The highest BCUT2D eigenvalue weighted by Crippen LogP contribution is 2.29. The molecule has 1 N–H and O–H groups in total. The second-order valence-corrected chi connectivity index (χ2v) is 6.56. The zero-order valence-electron chi connectivity index (χ0n) is 13.8. The first-order valence-electron chi connectivity index (χ1n) is 7.93. The Hall–Kier alpha value is -2.67. The molecule has 2 aromatic rings. The maximum Gasteiger partial charge on any atom is 0.337 e. The number of rotatable bonds is 5. The van der Waals surface area contributed by atoms with Gasteiger partial charge in [-0.2, -0.15) is 0 Å². The van der Waals surface area contributed by atoms with Gasteiger partial charge in [0.1, 0.15) is 0 Å². The van der Waals surface area contributed by atoms with Crippen LogP contribution >= 0.6 is 11.3 Å². The molecule has 25 heavy (non-hydrogen) atoms. The van der Waals surface area contributed by atoms with E-state index in [1.165, 1.54) is 18.4 Å². The van der Waals surface area contributed by atoms with Crippen LogP contribution in [0.3, 0.4) is 0 Å². The van der Waals surface area contributed by atoms with E-state index < -0.39 is 0 Å². The molecule has 1 aromatic heterocycles. The zero-order valence-corrected chi connectivity index (χ0v) is 14.6. The third kappa shape index (κ3) is 3.71. The van der Waals surface area contributed by atoms with Gasteiger partial charge in [-0.05, 0) is 41.6 Å². The number of fused-ring (bicyclic) bond motifs is 1. The molecule has 2 amide bonds. The van der Waals surface area contributed by atoms with Crippen molar-refractivity contribution in [2.24, 2.45) is 0 Å². The van der Waals surface area contributed by atoms with Crippen LogP contribution in [0.1, 0.15) is 32.0 Å². The van der Waals surface area contributed by atoms with Crippen LogP contribution in [0.5, 0.6) is 0 Å². The lowest BCUT2D eigenvalue weighted by atomic mass is 10.1. The molecule has 0 bridgehead atoms. The van der Waals surface area contributed by atoms with Crippen LogP contribution in [0.25, 0.3) is 0 Å². The predicted molar refractivity (Wildman–Crippen MR) is 95.1 cm³/mol. The normalized spacial score (nSPS) is 12.6. The third-order valence-electron chi connectivity index (χ3n) is 4.07. The number of methoxy groups -OCH3 is 1. The number of hydrogen-bond donors (Lipinski definition) is 1. The summed E-state index contributed by atoms with van der Waals surface area (Å²) in [6.07, 6.45) is 0.933. The molecule has 1 aromatic carbocycles. The predicted octanol–water partition coefficient (Wildman–Crippen LogP) is 2.24. The van der Waals surface area contributed by atoms with Crippen LogP contribution in [0, 0.1) is 0 Å². The lowest BCUT2D eigenvalue weighted by Crippen LogP contribution is -2.33. The largest absolute Gasteiger partial charge is 0.465 e. The van der Waals surface area contributed by atoms with Crippen LogP contribution in [-0.4, -0.2) is 38.0 Å². The minimum absolute atomic E-state index is 0.0453. The minimum atomic E-state index is -0.385. The van der Waals surface area contributed by atoms with Crippen molar-refractivity contribution in [2.75, 3.05) is 25.1 Å². The number of carbonyl (C=O) groups is 3. The third-order valence-corrected chi connectivity index (χ3v) is 4.94. The van der Waals surface area contributed by atoms with Gasteiger partial charge in [0.25, 0.3) is 5.91 Å². The second kappa shape index (κ2) is 7.48. The Bertz CT molecular complexity index is 801. The SMILES string of the molecule is COC(=O)c1ccc2c(c1)CCN2C(=O)CCNC(=O)c1cccs1. The molecule has 0 atom stereocenters. The number of carbonyl (C=O) groups excluding carboxylic acids is 3. The van der Waals surface area contributed by atoms with Gasteiger partial charge in [-0.15, -0.1) is 11.3 Å². The highest BCUT2D eigenvalue weighted by molar-refractivity contribution is 7.12. The first kappa shape index (κ1) is 17.2. The molecule has 0 aliphatic carbocycles. The molecule has 1 aliphatic rings. The van der Waals surface area contributed by atoms with E-state index in [1.807, 2.05) is 11.4 Å². The Morgan fingerprint density at radius 1 is 1.28 bits per heavy atom. The lowest BCUT2D eigenvalue weighted by molar-refractivity contribution is -0.118. The molecule has 3 rings (SSSR count). The standard InChI is InChI=1S/C18H18N2O4S/c1-24-18(23)13-4-5-14-12(11-13)7-9-20(14)16(21)6-8-19-17(22)15-3-2-10-25-15/h2-5,10-11H,6-9H2,1H3,(H,19,22). The number of thiophene rings is 1. The summed E-state index contributed by atoms with van der Waals surface area (Å²) in [5, 5.41) is 4.59. The number of anilines is 1. The van der Waals surface area contributed by atoms with E-state index >= 15 is 0 Å². The van der Waals surface area contributed by atoms with Crippen LogP contribution in [0.2, 0.25) is 0 Å². The highest BCUT2D eigenvalue weighted by Gasteiger charge is 2.25. The molecule has 0 spiro atoms. The average Bonchev–Trinajstić information content (AvgIpc) is 3.29. The van der Waals surface area contributed by atoms with Gasteiger partial charge in [-0.1, -0.05) is 6.07 Å². The smallest absolute Gasteiger partial charge is 0.337 e. The number of nitrogens with one attached hydrogen (secondary N) is 1. The molecule has 0 radical (unpaired) electrons. The van der Waals surface area contributed by atoms with E-state index in [2.05, 4.69) is 5.32 Å². The summed E-state index contributed by atoms with van der Waals surface area (Å²) in [6.45, 7) is 0.874. The van der Waals surface area contributed by atoms with Gasteiger partial charge in [0, 0.05) is 25.2 Å². The molecule has 0 fully saturated rings. The Morgan fingerprint density at radius 2 is 2.12 bits per heavy atom. The molecule has 130 valence electrons. The first-order chi connectivity index (χ1) is 12.1. The Kier molecular flexibility index (Phi) is 5.14. The monoisotopic (exact) mass is 358 g/mol. The van der Waals surface area contributed by atoms with Crippen molar-refractivity contribution in [1.82, 2.24) is 5.32 Å². The van der Waals surface area contributed by atoms with Gasteiger partial charge in [0.2, 0.25) is 5.91 Å². The average molecular weight is 358 g/mol. The first-order valence-corrected chi connectivity index (χ1v) is 8.81. The quantitative estimate of drug-likeness (QED) is 0.832. The van der Waals surface area contributed by atoms with Crippen molar-refractivity contribution in [3.05, 3.63) is 51.7 Å². The highest BCUT2D eigenvalue weighted by atomic mass is 32.1. The van der Waals surface area contributed by atoms with Crippen LogP contribution < -0.4 is 10.2 Å². The maximum atomic E-state index is 12.4. The van der Waals surface area contributed by atoms with Gasteiger partial charge < -0.3 is 15.0 Å². The molecule has 6 nitrogen and oxygen atoms in total. The number of amides is 2. The van der Waals surface area contributed by atoms with Crippen LogP contribution in [-0.2, 0) is 16.0 Å². The molecule has 2 heterocycles. The van der Waals surface area contributed by atoms with Gasteiger partial charge >= 0.3 is 5.97 Å². The Labute approximate surface area is 149 Å². The van der Waals surface area contributed by atoms with Crippen molar-refractivity contribution in [3.63, 3.8) is 0 Å². The van der Waals surface area contributed by atoms with Gasteiger partial charge in [0.05, 0.1) is 17.6 Å². The molecule has 0 unspecified atom stereocenters. The van der Waals surface area contributed by atoms with E-state index in [-0.39, 0.29) is 24.2 Å². The fraction of sp³-hybridized carbons (Fsp3) is 0.278. The van der Waals surface area contributed by atoms with Crippen molar-refractivity contribution >= 4 is 34.8 Å². The summed E-state index contributed by atoms with van der Waals surface area (Å²) in [4.78, 5) is 38.2. The van der Waals surface area contributed by atoms with E-state index in [4.69, 9.17) is 4.74 Å². The molecular weight excluding hydrogens is 340 g/mol. The van der Waals surface area contributed by atoms with E-state index in [1.54, 1.807) is 29.2 Å². The number of benzene rings is 1. The molecule has 0 saturated carbocycles. The van der Waals surface area contributed by atoms with Gasteiger partial charge in [-0.3, -0.25) is 9.59 Å². The lowest BCUT2D eigenvalue weighted by Gasteiger charge is -2.17. The number of hydrogen-bond acceptors (Lipinski definition) is 5. The number of ether oxygens (including phenoxy) is 1. The molecule has 1 aliphatic heterocycles. The van der Waals surface area contributed by atoms with Crippen molar-refractivity contribution in [1.29, 1.82) is 0 Å². The summed E-state index contributed by atoms with van der Waals surface area (Å²) in [7, 11) is 1.34. The Morgan fingerprint density at radius 3 is 2.84 bits per heavy atom. The zero-order chi connectivity index (χ0) is 17.8. The molecule has 7 heteroatoms. The fourth-order valence-corrected chi connectivity index (χ4v) is 3.46. The number of esters is 1. The maximum absolute atomic E-state index is 12.4. The van der Waals surface area contributed by atoms with Crippen LogP contribution in [0.4, 0.5) is 5.69 Å². The van der Waals surface area contributed by atoms with Gasteiger partial charge in [0.15, 0.2) is 0 Å². The number of nitrogens with zero attached hydrogens (tertiary/aromatic N) is 1. The fourth-order valence-electron chi connectivity index (χ4n) is 2.82. The summed E-state index contributed by atoms with van der Waals surface area (Å²) >= 11 is 1.37. The van der Waals surface area contributed by atoms with E-state index in [0.717, 1.165) is 11.3 Å². The van der Waals surface area contributed by atoms with Crippen molar-refractivity contribution in [2.45, 2.75) is 12.8 Å². The van der Waals surface area contributed by atoms with Crippen molar-refractivity contribution < 1.29 is 19.1 Å². The summed E-state index contributed by atoms with van der Waals surface area (Å²) in [5.74, 6) is -0.591.